The topological polar surface area (TPSA) is 30.7 Å². The van der Waals surface area contributed by atoms with Crippen LogP contribution in [0.25, 0.3) is 0 Å². The molecule has 3 heteroatoms. The van der Waals surface area contributed by atoms with Crippen LogP contribution in [0.3, 0.4) is 0 Å². The van der Waals surface area contributed by atoms with Crippen molar-refractivity contribution in [3.8, 4) is 0 Å². The van der Waals surface area contributed by atoms with Gasteiger partial charge in [0.2, 0.25) is 0 Å². The van der Waals surface area contributed by atoms with Gasteiger partial charge in [0.1, 0.15) is 12.2 Å². The highest BCUT2D eigenvalue weighted by Crippen LogP contribution is 2.46. The van der Waals surface area contributed by atoms with E-state index < -0.39 is 0 Å². The Bertz CT molecular complexity index is 273. The van der Waals surface area contributed by atoms with E-state index in [4.69, 9.17) is 0 Å². The smallest absolute Gasteiger partial charge is 0.138 e. The van der Waals surface area contributed by atoms with Crippen molar-refractivity contribution in [2.24, 2.45) is 0 Å². The average molecular weight is 165 g/mol. The summed E-state index contributed by atoms with van der Waals surface area (Å²) < 4.78 is 2.19. The molecule has 0 bridgehead atoms. The number of aromatic nitrogens is 3. The van der Waals surface area contributed by atoms with Gasteiger partial charge in [-0.05, 0) is 19.3 Å². The van der Waals surface area contributed by atoms with Gasteiger partial charge in [-0.1, -0.05) is 13.8 Å². The molecule has 1 fully saturated rings. The largest absolute Gasteiger partial charge is 0.317 e. The molecule has 1 saturated carbocycles. The van der Waals surface area contributed by atoms with E-state index in [1.165, 1.54) is 18.7 Å². The summed E-state index contributed by atoms with van der Waals surface area (Å²) in [6.07, 6.45) is 5.55. The van der Waals surface area contributed by atoms with Gasteiger partial charge in [-0.3, -0.25) is 0 Å². The summed E-state index contributed by atoms with van der Waals surface area (Å²) in [4.78, 5) is 0. The van der Waals surface area contributed by atoms with Crippen molar-refractivity contribution in [2.45, 2.75) is 45.1 Å². The predicted molar refractivity (Wildman–Crippen MR) is 46.9 cm³/mol. The fraction of sp³-hybridized carbons (Fsp3) is 0.778. The molecule has 0 aliphatic heterocycles. The third-order valence-corrected chi connectivity index (χ3v) is 2.62. The number of aryl methyl sites for hydroxylation is 1. The van der Waals surface area contributed by atoms with E-state index >= 15 is 0 Å². The summed E-state index contributed by atoms with van der Waals surface area (Å²) in [5, 5.41) is 8.14. The molecule has 1 aliphatic carbocycles. The Hall–Kier alpha value is -0.860. The van der Waals surface area contributed by atoms with Crippen LogP contribution in [-0.4, -0.2) is 14.8 Å². The third-order valence-electron chi connectivity index (χ3n) is 2.62. The van der Waals surface area contributed by atoms with Gasteiger partial charge in [0.15, 0.2) is 0 Å². The monoisotopic (exact) mass is 165 g/mol. The Balaban J connectivity index is 2.24. The fourth-order valence-corrected chi connectivity index (χ4v) is 1.54. The van der Waals surface area contributed by atoms with Crippen molar-refractivity contribution < 1.29 is 0 Å². The molecule has 0 unspecified atom stereocenters. The minimum absolute atomic E-state index is 0.353. The summed E-state index contributed by atoms with van der Waals surface area (Å²) in [5.74, 6) is 1.18. The summed E-state index contributed by atoms with van der Waals surface area (Å²) in [7, 11) is 0. The van der Waals surface area contributed by atoms with Crippen molar-refractivity contribution in [3.63, 3.8) is 0 Å². The van der Waals surface area contributed by atoms with Gasteiger partial charge in [0.05, 0.1) is 0 Å². The molecule has 0 N–H and O–H groups in total. The van der Waals surface area contributed by atoms with Crippen LogP contribution in [0.5, 0.6) is 0 Å². The molecule has 1 aromatic heterocycles. The Labute approximate surface area is 72.8 Å². The molecule has 0 atom stereocenters. The molecule has 3 nitrogen and oxygen atoms in total. The summed E-state index contributed by atoms with van der Waals surface area (Å²) in [6, 6.07) is 0. The minimum Gasteiger partial charge on any atom is -0.317 e. The molecule has 1 heterocycles. The molecule has 0 spiro atoms. The van der Waals surface area contributed by atoms with Gasteiger partial charge in [-0.15, -0.1) is 10.2 Å². The second-order valence-corrected chi connectivity index (χ2v) is 3.91. The van der Waals surface area contributed by atoms with Crippen LogP contribution in [0.4, 0.5) is 0 Å². The number of hydrogen-bond donors (Lipinski definition) is 0. The second-order valence-electron chi connectivity index (χ2n) is 3.91. The predicted octanol–water partition coefficient (Wildman–Crippen LogP) is 1.74. The Morgan fingerprint density at radius 1 is 1.58 bits per heavy atom. The first-order valence-electron chi connectivity index (χ1n) is 4.64. The quantitative estimate of drug-likeness (QED) is 0.683. The van der Waals surface area contributed by atoms with Crippen molar-refractivity contribution >= 4 is 0 Å². The highest BCUT2D eigenvalue weighted by Gasteiger charge is 2.43. The maximum Gasteiger partial charge on any atom is 0.138 e. The molecule has 0 radical (unpaired) electrons. The summed E-state index contributed by atoms with van der Waals surface area (Å²) in [5.41, 5.74) is 0.353. The molecule has 12 heavy (non-hydrogen) atoms. The maximum absolute atomic E-state index is 4.18. The van der Waals surface area contributed by atoms with E-state index in [2.05, 4.69) is 28.6 Å². The molecule has 66 valence electrons. The number of nitrogens with zero attached hydrogens (tertiary/aromatic N) is 3. The van der Waals surface area contributed by atoms with E-state index in [0.29, 0.717) is 5.41 Å². The Morgan fingerprint density at radius 2 is 2.33 bits per heavy atom. The van der Waals surface area contributed by atoms with Gasteiger partial charge >= 0.3 is 0 Å². The van der Waals surface area contributed by atoms with E-state index in [1.807, 2.05) is 6.33 Å². The van der Waals surface area contributed by atoms with E-state index in [1.54, 1.807) is 0 Å². The van der Waals surface area contributed by atoms with Gasteiger partial charge in [0, 0.05) is 12.0 Å². The van der Waals surface area contributed by atoms with Crippen molar-refractivity contribution in [3.05, 3.63) is 12.2 Å². The van der Waals surface area contributed by atoms with Gasteiger partial charge in [0.25, 0.3) is 0 Å². The Morgan fingerprint density at radius 3 is 2.92 bits per heavy atom. The average Bonchev–Trinajstić information content (AvgIpc) is 2.64. The Kier molecular flexibility index (Phi) is 1.67. The maximum atomic E-state index is 4.18. The standard InChI is InChI=1S/C9H15N3/c1-3-6-12-7-10-11-8(12)9(2)4-5-9/h7H,3-6H2,1-2H3. The van der Waals surface area contributed by atoms with Crippen LogP contribution in [0.15, 0.2) is 6.33 Å². The van der Waals surface area contributed by atoms with Crippen LogP contribution in [-0.2, 0) is 12.0 Å². The highest BCUT2D eigenvalue weighted by atomic mass is 15.3. The van der Waals surface area contributed by atoms with Crippen molar-refractivity contribution in [1.29, 1.82) is 0 Å². The molecule has 1 aliphatic rings. The molecular weight excluding hydrogens is 150 g/mol. The lowest BCUT2D eigenvalue weighted by molar-refractivity contribution is 0.584. The summed E-state index contributed by atoms with van der Waals surface area (Å²) in [6.45, 7) is 5.50. The molecule has 2 rings (SSSR count). The van der Waals surface area contributed by atoms with E-state index in [-0.39, 0.29) is 0 Å². The fourth-order valence-electron chi connectivity index (χ4n) is 1.54. The van der Waals surface area contributed by atoms with Crippen molar-refractivity contribution in [1.82, 2.24) is 14.8 Å². The molecule has 0 aromatic carbocycles. The zero-order valence-corrected chi connectivity index (χ0v) is 7.75. The van der Waals surface area contributed by atoms with Crippen molar-refractivity contribution in [2.75, 3.05) is 0 Å². The molecule has 1 aromatic rings. The number of hydrogen-bond acceptors (Lipinski definition) is 2. The number of rotatable bonds is 3. The van der Waals surface area contributed by atoms with E-state index in [0.717, 1.165) is 13.0 Å². The first kappa shape index (κ1) is 7.77. The zero-order chi connectivity index (χ0) is 8.60. The highest BCUT2D eigenvalue weighted by molar-refractivity contribution is 5.15. The molecule has 0 amide bonds. The van der Waals surface area contributed by atoms with E-state index in [9.17, 15) is 0 Å². The van der Waals surface area contributed by atoms with Crippen LogP contribution in [0.2, 0.25) is 0 Å². The lowest BCUT2D eigenvalue weighted by Gasteiger charge is -2.09. The van der Waals surface area contributed by atoms with Crippen LogP contribution < -0.4 is 0 Å². The van der Waals surface area contributed by atoms with Gasteiger partial charge in [-0.2, -0.15) is 0 Å². The minimum atomic E-state index is 0.353. The van der Waals surface area contributed by atoms with Crippen LogP contribution in [0, 0.1) is 0 Å². The zero-order valence-electron chi connectivity index (χ0n) is 7.75. The molecular formula is C9H15N3. The van der Waals surface area contributed by atoms with Gasteiger partial charge < -0.3 is 4.57 Å². The summed E-state index contributed by atoms with van der Waals surface area (Å²) >= 11 is 0. The first-order chi connectivity index (χ1) is 5.76. The third kappa shape index (κ3) is 1.13. The molecule has 0 saturated heterocycles. The first-order valence-corrected chi connectivity index (χ1v) is 4.64. The van der Waals surface area contributed by atoms with Crippen LogP contribution >= 0.6 is 0 Å². The van der Waals surface area contributed by atoms with Gasteiger partial charge in [-0.25, -0.2) is 0 Å². The normalized spacial score (nSPS) is 19.5. The van der Waals surface area contributed by atoms with Crippen LogP contribution in [0.1, 0.15) is 38.9 Å². The SMILES string of the molecule is CCCn1cnnc1C1(C)CC1. The lowest BCUT2D eigenvalue weighted by atomic mass is 10.1. The lowest BCUT2D eigenvalue weighted by Crippen LogP contribution is -2.11. The second kappa shape index (κ2) is 2.57.